The highest BCUT2D eigenvalue weighted by atomic mass is 16.5. The van der Waals surface area contributed by atoms with Gasteiger partial charge in [-0.3, -0.25) is 0 Å². The molecule has 0 unspecified atom stereocenters. The summed E-state index contributed by atoms with van der Waals surface area (Å²) in [7, 11) is 2.06. The standard InChI is InChI=1S/C11H16N2O/c1-12-8-11(9-12)13(14)7-10-5-3-2-4-6-10/h2-6,11,14H,7-9H2,1H3. The van der Waals surface area contributed by atoms with Crippen LogP contribution in [0.5, 0.6) is 0 Å². The first-order valence-electron chi connectivity index (χ1n) is 4.93. The van der Waals surface area contributed by atoms with Gasteiger partial charge < -0.3 is 10.1 Å². The summed E-state index contributed by atoms with van der Waals surface area (Å²) < 4.78 is 0. The molecule has 0 amide bonds. The first-order valence-corrected chi connectivity index (χ1v) is 4.93. The second-order valence-electron chi connectivity index (χ2n) is 3.96. The van der Waals surface area contributed by atoms with E-state index in [4.69, 9.17) is 0 Å². The van der Waals surface area contributed by atoms with Crippen molar-refractivity contribution in [1.29, 1.82) is 0 Å². The number of nitrogens with zero attached hydrogens (tertiary/aromatic N) is 2. The molecule has 1 saturated heterocycles. The third-order valence-corrected chi connectivity index (χ3v) is 2.65. The van der Waals surface area contributed by atoms with E-state index in [-0.39, 0.29) is 0 Å². The third-order valence-electron chi connectivity index (χ3n) is 2.65. The summed E-state index contributed by atoms with van der Waals surface area (Å²) in [6, 6.07) is 10.4. The van der Waals surface area contributed by atoms with E-state index in [0.29, 0.717) is 12.6 Å². The second-order valence-corrected chi connectivity index (χ2v) is 3.96. The van der Waals surface area contributed by atoms with Crippen LogP contribution in [0.3, 0.4) is 0 Å². The lowest BCUT2D eigenvalue weighted by Crippen LogP contribution is -2.56. The van der Waals surface area contributed by atoms with Crippen molar-refractivity contribution in [3.8, 4) is 0 Å². The molecule has 1 N–H and O–H groups in total. The largest absolute Gasteiger partial charge is 0.313 e. The van der Waals surface area contributed by atoms with Crippen LogP contribution < -0.4 is 0 Å². The fourth-order valence-corrected chi connectivity index (χ4v) is 1.75. The van der Waals surface area contributed by atoms with Crippen LogP contribution in [0.4, 0.5) is 0 Å². The molecule has 1 aromatic carbocycles. The first kappa shape index (κ1) is 9.65. The number of rotatable bonds is 3. The Hall–Kier alpha value is -0.900. The Morgan fingerprint density at radius 1 is 1.36 bits per heavy atom. The van der Waals surface area contributed by atoms with Gasteiger partial charge in [-0.1, -0.05) is 30.3 Å². The molecule has 1 heterocycles. The van der Waals surface area contributed by atoms with Crippen LogP contribution in [-0.4, -0.2) is 41.3 Å². The Morgan fingerprint density at radius 3 is 2.57 bits per heavy atom. The van der Waals surface area contributed by atoms with E-state index in [9.17, 15) is 5.21 Å². The molecular weight excluding hydrogens is 176 g/mol. The molecule has 0 aromatic heterocycles. The predicted molar refractivity (Wildman–Crippen MR) is 55.1 cm³/mol. The summed E-state index contributed by atoms with van der Waals surface area (Å²) in [4.78, 5) is 2.19. The van der Waals surface area contributed by atoms with Crippen molar-refractivity contribution < 1.29 is 5.21 Å². The highest BCUT2D eigenvalue weighted by molar-refractivity contribution is 5.14. The zero-order valence-electron chi connectivity index (χ0n) is 8.43. The highest BCUT2D eigenvalue weighted by Gasteiger charge is 2.28. The molecule has 1 aliphatic heterocycles. The van der Waals surface area contributed by atoms with Crippen molar-refractivity contribution in [3.05, 3.63) is 35.9 Å². The minimum atomic E-state index is 0.306. The number of hydroxylamine groups is 2. The first-order chi connectivity index (χ1) is 6.75. The smallest absolute Gasteiger partial charge is 0.0607 e. The molecule has 0 atom stereocenters. The van der Waals surface area contributed by atoms with Crippen LogP contribution >= 0.6 is 0 Å². The number of benzene rings is 1. The molecule has 0 radical (unpaired) electrons. The lowest BCUT2D eigenvalue weighted by Gasteiger charge is -2.40. The van der Waals surface area contributed by atoms with Gasteiger partial charge in [-0.15, -0.1) is 0 Å². The molecule has 14 heavy (non-hydrogen) atoms. The van der Waals surface area contributed by atoms with E-state index in [0.717, 1.165) is 18.7 Å². The van der Waals surface area contributed by atoms with Crippen molar-refractivity contribution in [2.24, 2.45) is 0 Å². The average Bonchev–Trinajstić information content (AvgIpc) is 2.14. The summed E-state index contributed by atoms with van der Waals surface area (Å²) in [5, 5.41) is 11.2. The predicted octanol–water partition coefficient (Wildman–Crippen LogP) is 1.19. The zero-order chi connectivity index (χ0) is 9.97. The van der Waals surface area contributed by atoms with Crippen molar-refractivity contribution >= 4 is 0 Å². The minimum absolute atomic E-state index is 0.306. The molecule has 3 nitrogen and oxygen atoms in total. The molecular formula is C11H16N2O. The Labute approximate surface area is 84.5 Å². The number of likely N-dealkylation sites (tertiary alicyclic amines) is 1. The van der Waals surface area contributed by atoms with Gasteiger partial charge in [0.25, 0.3) is 0 Å². The lowest BCUT2D eigenvalue weighted by atomic mass is 10.1. The van der Waals surface area contributed by atoms with E-state index in [1.165, 1.54) is 5.06 Å². The van der Waals surface area contributed by atoms with Gasteiger partial charge in [-0.2, -0.15) is 5.06 Å². The van der Waals surface area contributed by atoms with Gasteiger partial charge in [0.15, 0.2) is 0 Å². The topological polar surface area (TPSA) is 26.7 Å². The second kappa shape index (κ2) is 4.09. The maximum Gasteiger partial charge on any atom is 0.0607 e. The molecule has 3 heteroatoms. The van der Waals surface area contributed by atoms with Gasteiger partial charge in [-0.25, -0.2) is 0 Å². The monoisotopic (exact) mass is 192 g/mol. The Morgan fingerprint density at radius 2 is 2.00 bits per heavy atom. The molecule has 0 bridgehead atoms. The molecule has 2 rings (SSSR count). The van der Waals surface area contributed by atoms with Gasteiger partial charge in [0, 0.05) is 19.6 Å². The summed E-state index contributed by atoms with van der Waals surface area (Å²) in [5.41, 5.74) is 1.16. The summed E-state index contributed by atoms with van der Waals surface area (Å²) >= 11 is 0. The van der Waals surface area contributed by atoms with Gasteiger partial charge in [0.2, 0.25) is 0 Å². The van der Waals surface area contributed by atoms with Crippen LogP contribution in [-0.2, 0) is 6.54 Å². The van der Waals surface area contributed by atoms with Crippen molar-refractivity contribution in [1.82, 2.24) is 9.96 Å². The minimum Gasteiger partial charge on any atom is -0.313 e. The Bertz CT molecular complexity index is 283. The maximum absolute atomic E-state index is 9.75. The maximum atomic E-state index is 9.75. The van der Waals surface area contributed by atoms with Crippen LogP contribution in [0.2, 0.25) is 0 Å². The average molecular weight is 192 g/mol. The molecule has 1 fully saturated rings. The molecule has 1 aliphatic rings. The molecule has 0 saturated carbocycles. The van der Waals surface area contributed by atoms with Crippen LogP contribution in [0.25, 0.3) is 0 Å². The van der Waals surface area contributed by atoms with Crippen molar-refractivity contribution in [2.45, 2.75) is 12.6 Å². The highest BCUT2D eigenvalue weighted by Crippen LogP contribution is 2.13. The molecule has 76 valence electrons. The quantitative estimate of drug-likeness (QED) is 0.729. The SMILES string of the molecule is CN1CC(N(O)Cc2ccccc2)C1. The third kappa shape index (κ3) is 2.12. The number of likely N-dealkylation sites (N-methyl/N-ethyl adjacent to an activating group) is 1. The van der Waals surface area contributed by atoms with Crippen molar-refractivity contribution in [3.63, 3.8) is 0 Å². The summed E-state index contributed by atoms with van der Waals surface area (Å²) in [6.07, 6.45) is 0. The molecule has 1 aromatic rings. The van der Waals surface area contributed by atoms with E-state index in [1.807, 2.05) is 30.3 Å². The van der Waals surface area contributed by atoms with E-state index in [1.54, 1.807) is 0 Å². The fourth-order valence-electron chi connectivity index (χ4n) is 1.75. The van der Waals surface area contributed by atoms with Crippen LogP contribution in [0.15, 0.2) is 30.3 Å². The van der Waals surface area contributed by atoms with E-state index in [2.05, 4.69) is 11.9 Å². The van der Waals surface area contributed by atoms with Crippen LogP contribution in [0.1, 0.15) is 5.56 Å². The Balaban J connectivity index is 1.86. The number of hydrogen-bond donors (Lipinski definition) is 1. The normalized spacial score (nSPS) is 18.5. The van der Waals surface area contributed by atoms with E-state index >= 15 is 0 Å². The van der Waals surface area contributed by atoms with Crippen LogP contribution in [0, 0.1) is 0 Å². The molecule has 0 aliphatic carbocycles. The van der Waals surface area contributed by atoms with Gasteiger partial charge in [-0.05, 0) is 12.6 Å². The van der Waals surface area contributed by atoms with Gasteiger partial charge in [0.05, 0.1) is 6.04 Å². The van der Waals surface area contributed by atoms with Crippen molar-refractivity contribution in [2.75, 3.05) is 20.1 Å². The Kier molecular flexibility index (Phi) is 2.82. The summed E-state index contributed by atoms with van der Waals surface area (Å²) in [6.45, 7) is 2.55. The van der Waals surface area contributed by atoms with E-state index < -0.39 is 0 Å². The lowest BCUT2D eigenvalue weighted by molar-refractivity contribution is -0.168. The van der Waals surface area contributed by atoms with Gasteiger partial charge in [0.1, 0.15) is 0 Å². The zero-order valence-corrected chi connectivity index (χ0v) is 8.43. The van der Waals surface area contributed by atoms with Gasteiger partial charge >= 0.3 is 0 Å². The molecule has 0 spiro atoms. The fraction of sp³-hybridized carbons (Fsp3) is 0.455. The summed E-state index contributed by atoms with van der Waals surface area (Å²) in [5.74, 6) is 0. The number of hydrogen-bond acceptors (Lipinski definition) is 3.